The largest absolute Gasteiger partial charge is 0.271 e. The fraction of sp³-hybridized carbons (Fsp3) is 1.00. The first kappa shape index (κ1) is 10.0. The number of nitrogens with two attached hydrogens (primary N) is 1. The molecule has 12 heavy (non-hydrogen) atoms. The second kappa shape index (κ2) is 4.24. The van der Waals surface area contributed by atoms with Crippen LogP contribution in [-0.4, -0.2) is 6.04 Å². The van der Waals surface area contributed by atoms with Crippen molar-refractivity contribution in [1.29, 1.82) is 0 Å². The van der Waals surface area contributed by atoms with Gasteiger partial charge in [-0.3, -0.25) is 11.3 Å². The van der Waals surface area contributed by atoms with Gasteiger partial charge in [0, 0.05) is 6.04 Å². The van der Waals surface area contributed by atoms with Crippen LogP contribution in [0.5, 0.6) is 0 Å². The number of nitrogens with one attached hydrogen (secondary N) is 1. The van der Waals surface area contributed by atoms with E-state index >= 15 is 0 Å². The summed E-state index contributed by atoms with van der Waals surface area (Å²) in [5.41, 5.74) is 2.97. The van der Waals surface area contributed by atoms with Crippen molar-refractivity contribution in [3.05, 3.63) is 0 Å². The molecule has 72 valence electrons. The molecule has 0 amide bonds. The fourth-order valence-corrected chi connectivity index (χ4v) is 2.39. The quantitative estimate of drug-likeness (QED) is 0.491. The normalized spacial score (nSPS) is 37.2. The third-order valence-corrected chi connectivity index (χ3v) is 3.24. The molecule has 0 heterocycles. The summed E-state index contributed by atoms with van der Waals surface area (Å²) in [7, 11) is 0. The minimum Gasteiger partial charge on any atom is -0.271 e. The van der Waals surface area contributed by atoms with Gasteiger partial charge in [-0.05, 0) is 30.6 Å². The maximum atomic E-state index is 5.54. The molecule has 0 aromatic rings. The van der Waals surface area contributed by atoms with Crippen molar-refractivity contribution in [2.45, 2.75) is 46.1 Å². The van der Waals surface area contributed by atoms with Crippen LogP contribution in [0.1, 0.15) is 40.0 Å². The lowest BCUT2D eigenvalue weighted by Gasteiger charge is -2.36. The maximum absolute atomic E-state index is 5.54. The Morgan fingerprint density at radius 2 is 2.00 bits per heavy atom. The molecular weight excluding hydrogens is 148 g/mol. The smallest absolute Gasteiger partial charge is 0.0243 e. The van der Waals surface area contributed by atoms with E-state index in [2.05, 4.69) is 26.2 Å². The lowest BCUT2D eigenvalue weighted by Crippen LogP contribution is -2.46. The van der Waals surface area contributed by atoms with E-state index in [0.717, 1.165) is 17.8 Å². The van der Waals surface area contributed by atoms with Crippen LogP contribution < -0.4 is 11.3 Å². The van der Waals surface area contributed by atoms with E-state index in [1.54, 1.807) is 0 Å². The molecule has 2 nitrogen and oxygen atoms in total. The van der Waals surface area contributed by atoms with Gasteiger partial charge < -0.3 is 0 Å². The Hall–Kier alpha value is -0.0800. The van der Waals surface area contributed by atoms with E-state index in [-0.39, 0.29) is 0 Å². The summed E-state index contributed by atoms with van der Waals surface area (Å²) < 4.78 is 0. The van der Waals surface area contributed by atoms with Gasteiger partial charge in [0.2, 0.25) is 0 Å². The molecule has 0 saturated heterocycles. The first-order valence-electron chi connectivity index (χ1n) is 5.11. The van der Waals surface area contributed by atoms with Gasteiger partial charge in [-0.15, -0.1) is 0 Å². The second-order valence-electron chi connectivity index (χ2n) is 4.60. The van der Waals surface area contributed by atoms with Crippen LogP contribution >= 0.6 is 0 Å². The van der Waals surface area contributed by atoms with Crippen molar-refractivity contribution < 1.29 is 0 Å². The molecule has 0 spiro atoms. The highest BCUT2D eigenvalue weighted by atomic mass is 15.2. The van der Waals surface area contributed by atoms with E-state index in [9.17, 15) is 0 Å². The highest BCUT2D eigenvalue weighted by molar-refractivity contribution is 4.83. The van der Waals surface area contributed by atoms with Crippen molar-refractivity contribution in [1.82, 2.24) is 5.43 Å². The molecule has 0 radical (unpaired) electrons. The Labute approximate surface area is 75.9 Å². The van der Waals surface area contributed by atoms with E-state index in [1.807, 2.05) is 0 Å². The molecule has 1 unspecified atom stereocenters. The molecule has 1 aliphatic rings. The fourth-order valence-electron chi connectivity index (χ4n) is 2.39. The SMILES string of the molecule is CC(C)[C@@H]1CC[C@@H](C)CC1NN. The van der Waals surface area contributed by atoms with Crippen LogP contribution in [0.4, 0.5) is 0 Å². The van der Waals surface area contributed by atoms with E-state index in [4.69, 9.17) is 5.84 Å². The predicted molar refractivity (Wildman–Crippen MR) is 52.5 cm³/mol. The standard InChI is InChI=1S/C10H22N2/c1-7(2)9-5-4-8(3)6-10(9)12-11/h7-10,12H,4-6,11H2,1-3H3/t8-,9+,10?/m1/s1. The molecular formula is C10H22N2. The number of rotatable bonds is 2. The number of hydrogen-bond acceptors (Lipinski definition) is 2. The summed E-state index contributed by atoms with van der Waals surface area (Å²) in [6.07, 6.45) is 3.97. The minimum atomic E-state index is 0.550. The lowest BCUT2D eigenvalue weighted by molar-refractivity contribution is 0.171. The highest BCUT2D eigenvalue weighted by Gasteiger charge is 2.29. The third-order valence-electron chi connectivity index (χ3n) is 3.24. The van der Waals surface area contributed by atoms with E-state index < -0.39 is 0 Å². The van der Waals surface area contributed by atoms with E-state index in [1.165, 1.54) is 19.3 Å². The summed E-state index contributed by atoms with van der Waals surface area (Å²) >= 11 is 0. The zero-order valence-electron chi connectivity index (χ0n) is 8.51. The zero-order chi connectivity index (χ0) is 9.14. The maximum Gasteiger partial charge on any atom is 0.0243 e. The van der Waals surface area contributed by atoms with E-state index in [0.29, 0.717) is 6.04 Å². The van der Waals surface area contributed by atoms with Crippen molar-refractivity contribution in [3.63, 3.8) is 0 Å². The van der Waals surface area contributed by atoms with Gasteiger partial charge in [-0.2, -0.15) is 0 Å². The van der Waals surface area contributed by atoms with Crippen LogP contribution in [0.2, 0.25) is 0 Å². The molecule has 0 aromatic heterocycles. The molecule has 3 atom stereocenters. The van der Waals surface area contributed by atoms with Crippen molar-refractivity contribution >= 4 is 0 Å². The van der Waals surface area contributed by atoms with Crippen molar-refractivity contribution in [3.8, 4) is 0 Å². The Morgan fingerprint density at radius 3 is 2.50 bits per heavy atom. The summed E-state index contributed by atoms with van der Waals surface area (Å²) in [5, 5.41) is 0. The van der Waals surface area contributed by atoms with Gasteiger partial charge in [-0.1, -0.05) is 27.2 Å². The van der Waals surface area contributed by atoms with Crippen LogP contribution in [-0.2, 0) is 0 Å². The topological polar surface area (TPSA) is 38.0 Å². The Morgan fingerprint density at radius 1 is 1.33 bits per heavy atom. The van der Waals surface area contributed by atoms with Crippen LogP contribution in [0.15, 0.2) is 0 Å². The molecule has 2 heteroatoms. The second-order valence-corrected chi connectivity index (χ2v) is 4.60. The molecule has 1 rings (SSSR count). The van der Waals surface area contributed by atoms with Crippen molar-refractivity contribution in [2.75, 3.05) is 0 Å². The lowest BCUT2D eigenvalue weighted by atomic mass is 9.74. The number of hydrogen-bond donors (Lipinski definition) is 2. The Kier molecular flexibility index (Phi) is 3.53. The third kappa shape index (κ3) is 2.20. The molecule has 3 N–H and O–H groups in total. The average molecular weight is 170 g/mol. The summed E-state index contributed by atoms with van der Waals surface area (Å²) in [6, 6.07) is 0.550. The molecule has 1 fully saturated rings. The predicted octanol–water partition coefficient (Wildman–Crippen LogP) is 1.91. The molecule has 0 aliphatic heterocycles. The minimum absolute atomic E-state index is 0.550. The van der Waals surface area contributed by atoms with Gasteiger partial charge in [0.25, 0.3) is 0 Å². The number of hydrazine groups is 1. The first-order chi connectivity index (χ1) is 5.65. The van der Waals surface area contributed by atoms with Gasteiger partial charge in [0.1, 0.15) is 0 Å². The first-order valence-corrected chi connectivity index (χ1v) is 5.11. The molecule has 0 aromatic carbocycles. The Bertz CT molecular complexity index is 134. The highest BCUT2D eigenvalue weighted by Crippen LogP contribution is 2.32. The summed E-state index contributed by atoms with van der Waals surface area (Å²) in [4.78, 5) is 0. The molecule has 1 aliphatic carbocycles. The van der Waals surface area contributed by atoms with Gasteiger partial charge >= 0.3 is 0 Å². The average Bonchev–Trinajstić information content (AvgIpc) is 2.03. The van der Waals surface area contributed by atoms with Crippen LogP contribution in [0, 0.1) is 17.8 Å². The van der Waals surface area contributed by atoms with Gasteiger partial charge in [0.05, 0.1) is 0 Å². The van der Waals surface area contributed by atoms with Gasteiger partial charge in [0.15, 0.2) is 0 Å². The zero-order valence-corrected chi connectivity index (χ0v) is 8.51. The van der Waals surface area contributed by atoms with Gasteiger partial charge in [-0.25, -0.2) is 0 Å². The van der Waals surface area contributed by atoms with Crippen LogP contribution in [0.25, 0.3) is 0 Å². The summed E-state index contributed by atoms with van der Waals surface area (Å²) in [5.74, 6) is 7.94. The monoisotopic (exact) mass is 170 g/mol. The van der Waals surface area contributed by atoms with Crippen LogP contribution in [0.3, 0.4) is 0 Å². The van der Waals surface area contributed by atoms with Crippen molar-refractivity contribution in [2.24, 2.45) is 23.6 Å². The molecule has 0 bridgehead atoms. The Balaban J connectivity index is 2.50. The summed E-state index contributed by atoms with van der Waals surface area (Å²) in [6.45, 7) is 6.91. The molecule has 1 saturated carbocycles.